The molecule has 0 bridgehead atoms. The monoisotopic (exact) mass is 302 g/mol. The molecular formula is C18H26N2O2. The minimum absolute atomic E-state index is 0.0746. The van der Waals surface area contributed by atoms with Crippen molar-refractivity contribution in [2.75, 3.05) is 18.0 Å². The Hall–Kier alpha value is -1.55. The molecule has 1 aromatic rings. The van der Waals surface area contributed by atoms with Gasteiger partial charge in [0.25, 0.3) is 0 Å². The summed E-state index contributed by atoms with van der Waals surface area (Å²) >= 11 is 0. The lowest BCUT2D eigenvalue weighted by atomic mass is 9.96. The quantitative estimate of drug-likeness (QED) is 0.913. The van der Waals surface area contributed by atoms with Gasteiger partial charge in [-0.15, -0.1) is 0 Å². The minimum Gasteiger partial charge on any atom is -0.484 e. The summed E-state index contributed by atoms with van der Waals surface area (Å²) in [5, 5.41) is 3.58. The zero-order chi connectivity index (χ0) is 15.7. The number of piperidine rings is 1. The Balaban J connectivity index is 1.84. The molecule has 1 aromatic carbocycles. The highest BCUT2D eigenvalue weighted by molar-refractivity contribution is 5.94. The number of hydrogen-bond donors (Lipinski definition) is 1. The third-order valence-electron chi connectivity index (χ3n) is 4.51. The zero-order valence-electron chi connectivity index (χ0n) is 13.8. The second-order valence-electron chi connectivity index (χ2n) is 7.12. The number of nitrogens with one attached hydrogen (secondary N) is 1. The lowest BCUT2D eigenvalue weighted by Crippen LogP contribution is -2.48. The van der Waals surface area contributed by atoms with Crippen LogP contribution >= 0.6 is 0 Å². The van der Waals surface area contributed by atoms with Crippen LogP contribution in [-0.2, 0) is 11.2 Å². The van der Waals surface area contributed by atoms with E-state index in [0.717, 1.165) is 24.4 Å². The highest BCUT2D eigenvalue weighted by atomic mass is 16.5. The van der Waals surface area contributed by atoms with Crippen molar-refractivity contribution in [3.8, 4) is 5.75 Å². The molecule has 1 amide bonds. The molecule has 2 heterocycles. The average molecular weight is 302 g/mol. The van der Waals surface area contributed by atoms with Crippen molar-refractivity contribution in [1.82, 2.24) is 5.32 Å². The van der Waals surface area contributed by atoms with Crippen LogP contribution in [0.15, 0.2) is 18.2 Å². The van der Waals surface area contributed by atoms with Gasteiger partial charge in [-0.05, 0) is 57.4 Å². The van der Waals surface area contributed by atoms with E-state index in [-0.39, 0.29) is 11.5 Å². The number of nitrogens with zero attached hydrogens (tertiary/aromatic N) is 1. The van der Waals surface area contributed by atoms with E-state index < -0.39 is 0 Å². The standard InChI is InChI=1S/C18H26N2O2/c1-13(21)20-12-18(2,3)22-17-8-7-14(11-16(17)20)10-15-6-4-5-9-19-15/h7-8,11,15,19H,4-6,9-10,12H2,1-3H3. The fourth-order valence-electron chi connectivity index (χ4n) is 3.45. The van der Waals surface area contributed by atoms with Gasteiger partial charge in [0.2, 0.25) is 5.91 Å². The van der Waals surface area contributed by atoms with E-state index >= 15 is 0 Å². The minimum atomic E-state index is -0.342. The van der Waals surface area contributed by atoms with Crippen LogP contribution in [0.4, 0.5) is 5.69 Å². The summed E-state index contributed by atoms with van der Waals surface area (Å²) < 4.78 is 6.04. The fraction of sp³-hybridized carbons (Fsp3) is 0.611. The van der Waals surface area contributed by atoms with Crippen molar-refractivity contribution < 1.29 is 9.53 Å². The van der Waals surface area contributed by atoms with Gasteiger partial charge in [0.05, 0.1) is 12.2 Å². The molecule has 1 saturated heterocycles. The lowest BCUT2D eigenvalue weighted by molar-refractivity contribution is -0.117. The van der Waals surface area contributed by atoms with Crippen LogP contribution in [0.3, 0.4) is 0 Å². The summed E-state index contributed by atoms with van der Waals surface area (Å²) in [6.45, 7) is 7.38. The highest BCUT2D eigenvalue weighted by Crippen LogP contribution is 2.38. The molecule has 1 fully saturated rings. The topological polar surface area (TPSA) is 41.6 Å². The highest BCUT2D eigenvalue weighted by Gasteiger charge is 2.33. The number of hydrogen-bond acceptors (Lipinski definition) is 3. The third-order valence-corrected chi connectivity index (χ3v) is 4.51. The largest absolute Gasteiger partial charge is 0.484 e. The molecule has 0 aliphatic carbocycles. The van der Waals surface area contributed by atoms with Crippen LogP contribution in [0.5, 0.6) is 5.75 Å². The maximum atomic E-state index is 12.0. The first-order valence-electron chi connectivity index (χ1n) is 8.28. The SMILES string of the molecule is CC(=O)N1CC(C)(C)Oc2ccc(CC3CCCCN3)cc21. The normalized spacial score (nSPS) is 23.6. The summed E-state index contributed by atoms with van der Waals surface area (Å²) in [5.41, 5.74) is 1.85. The number of ether oxygens (including phenoxy) is 1. The average Bonchev–Trinajstić information content (AvgIpc) is 2.47. The van der Waals surface area contributed by atoms with Crippen LogP contribution in [0.25, 0.3) is 0 Å². The molecule has 0 saturated carbocycles. The molecule has 0 aromatic heterocycles. The molecule has 1 atom stereocenters. The summed E-state index contributed by atoms with van der Waals surface area (Å²) in [4.78, 5) is 13.9. The van der Waals surface area contributed by atoms with Gasteiger partial charge in [-0.2, -0.15) is 0 Å². The number of amides is 1. The maximum Gasteiger partial charge on any atom is 0.224 e. The molecule has 1 unspecified atom stereocenters. The van der Waals surface area contributed by atoms with Gasteiger partial charge in [0.1, 0.15) is 11.4 Å². The van der Waals surface area contributed by atoms with Crippen molar-refractivity contribution in [3.05, 3.63) is 23.8 Å². The Bertz CT molecular complexity index is 562. The van der Waals surface area contributed by atoms with Gasteiger partial charge in [-0.1, -0.05) is 12.5 Å². The van der Waals surface area contributed by atoms with Crippen LogP contribution in [0.1, 0.15) is 45.6 Å². The molecule has 2 aliphatic heterocycles. The van der Waals surface area contributed by atoms with Gasteiger partial charge >= 0.3 is 0 Å². The Morgan fingerprint density at radius 2 is 2.23 bits per heavy atom. The molecule has 2 aliphatic rings. The van der Waals surface area contributed by atoms with Gasteiger partial charge in [-0.3, -0.25) is 4.79 Å². The van der Waals surface area contributed by atoms with E-state index in [1.165, 1.54) is 24.8 Å². The molecule has 0 spiro atoms. The second kappa shape index (κ2) is 5.92. The predicted molar refractivity (Wildman–Crippen MR) is 88.5 cm³/mol. The third kappa shape index (κ3) is 3.27. The van der Waals surface area contributed by atoms with Gasteiger partial charge in [0, 0.05) is 13.0 Å². The van der Waals surface area contributed by atoms with Crippen LogP contribution in [0, 0.1) is 0 Å². The first kappa shape index (κ1) is 15.3. The first-order chi connectivity index (χ1) is 10.4. The predicted octanol–water partition coefficient (Wildman–Crippen LogP) is 2.90. The summed E-state index contributed by atoms with van der Waals surface area (Å²) in [7, 11) is 0. The summed E-state index contributed by atoms with van der Waals surface area (Å²) in [6, 6.07) is 6.83. The van der Waals surface area contributed by atoms with Crippen molar-refractivity contribution in [1.29, 1.82) is 0 Å². The van der Waals surface area contributed by atoms with Crippen molar-refractivity contribution in [2.45, 2.75) is 58.1 Å². The van der Waals surface area contributed by atoms with E-state index in [1.807, 2.05) is 24.8 Å². The van der Waals surface area contributed by atoms with Crippen LogP contribution < -0.4 is 15.0 Å². The number of rotatable bonds is 2. The molecule has 120 valence electrons. The molecule has 3 rings (SSSR count). The molecular weight excluding hydrogens is 276 g/mol. The van der Waals surface area contributed by atoms with Crippen molar-refractivity contribution in [3.63, 3.8) is 0 Å². The second-order valence-corrected chi connectivity index (χ2v) is 7.12. The molecule has 4 heteroatoms. The van der Waals surface area contributed by atoms with Crippen LogP contribution in [0.2, 0.25) is 0 Å². The lowest BCUT2D eigenvalue weighted by Gasteiger charge is -2.39. The van der Waals surface area contributed by atoms with Gasteiger partial charge < -0.3 is 15.0 Å². The van der Waals surface area contributed by atoms with E-state index in [2.05, 4.69) is 17.4 Å². The number of carbonyl (C=O) groups is 1. The van der Waals surface area contributed by atoms with E-state index in [9.17, 15) is 4.79 Å². The Kier molecular flexibility index (Phi) is 4.13. The number of carbonyl (C=O) groups excluding carboxylic acids is 1. The Morgan fingerprint density at radius 1 is 1.41 bits per heavy atom. The fourth-order valence-corrected chi connectivity index (χ4v) is 3.45. The smallest absolute Gasteiger partial charge is 0.224 e. The maximum absolute atomic E-state index is 12.0. The van der Waals surface area contributed by atoms with Gasteiger partial charge in [-0.25, -0.2) is 0 Å². The number of fused-ring (bicyclic) bond motifs is 1. The summed E-state index contributed by atoms with van der Waals surface area (Å²) in [6.07, 6.45) is 4.83. The van der Waals surface area contributed by atoms with Crippen molar-refractivity contribution in [2.24, 2.45) is 0 Å². The van der Waals surface area contributed by atoms with E-state index in [4.69, 9.17) is 4.74 Å². The molecule has 0 radical (unpaired) electrons. The van der Waals surface area contributed by atoms with Crippen molar-refractivity contribution >= 4 is 11.6 Å². The number of benzene rings is 1. The number of anilines is 1. The Morgan fingerprint density at radius 3 is 2.91 bits per heavy atom. The molecule has 22 heavy (non-hydrogen) atoms. The molecule has 1 N–H and O–H groups in total. The van der Waals surface area contributed by atoms with Crippen LogP contribution in [-0.4, -0.2) is 30.6 Å². The zero-order valence-corrected chi connectivity index (χ0v) is 13.8. The molecule has 4 nitrogen and oxygen atoms in total. The van der Waals surface area contributed by atoms with Gasteiger partial charge in [0.15, 0.2) is 0 Å². The van der Waals surface area contributed by atoms with E-state index in [0.29, 0.717) is 12.6 Å². The first-order valence-corrected chi connectivity index (χ1v) is 8.28. The Labute approximate surface area is 132 Å². The summed E-state index contributed by atoms with van der Waals surface area (Å²) in [5.74, 6) is 0.886. The van der Waals surface area contributed by atoms with E-state index in [1.54, 1.807) is 6.92 Å².